The number of nitrogens with zero attached hydrogens (tertiary/aromatic N) is 3. The van der Waals surface area contributed by atoms with Crippen LogP contribution in [0.3, 0.4) is 0 Å². The maximum atomic E-state index is 11.9. The average Bonchev–Trinajstić information content (AvgIpc) is 3.21. The molecule has 3 aromatic rings. The lowest BCUT2D eigenvalue weighted by molar-refractivity contribution is -0.387. The van der Waals surface area contributed by atoms with Gasteiger partial charge in [-0.2, -0.15) is 0 Å². The number of rotatable bonds is 9. The Kier molecular flexibility index (Phi) is 6.90. The quantitative estimate of drug-likeness (QED) is 0.266. The van der Waals surface area contributed by atoms with Crippen LogP contribution in [0.1, 0.15) is 34.4 Å². The summed E-state index contributed by atoms with van der Waals surface area (Å²) in [5.74, 6) is 0.418. The van der Waals surface area contributed by atoms with Crippen molar-refractivity contribution in [3.8, 4) is 11.6 Å². The molecule has 0 saturated carbocycles. The van der Waals surface area contributed by atoms with Crippen molar-refractivity contribution in [2.24, 2.45) is 0 Å². The Labute approximate surface area is 173 Å². The number of nitro groups is 1. The molecule has 0 N–H and O–H groups in total. The monoisotopic (exact) mass is 412 g/mol. The summed E-state index contributed by atoms with van der Waals surface area (Å²) in [7, 11) is 0. The van der Waals surface area contributed by atoms with E-state index in [-0.39, 0.29) is 11.6 Å². The number of thiazole rings is 1. The summed E-state index contributed by atoms with van der Waals surface area (Å²) < 4.78 is 11.6. The minimum Gasteiger partial charge on any atom is -0.434 e. The second-order valence-corrected chi connectivity index (χ2v) is 7.43. The number of aryl methyl sites for hydroxylation is 2. The van der Waals surface area contributed by atoms with Crippen LogP contribution in [0.15, 0.2) is 41.9 Å². The topological polar surface area (TPSA) is 87.4 Å². The summed E-state index contributed by atoms with van der Waals surface area (Å²) in [4.78, 5) is 19.9. The van der Waals surface area contributed by atoms with E-state index in [1.807, 2.05) is 11.4 Å². The van der Waals surface area contributed by atoms with Crippen molar-refractivity contribution in [3.63, 3.8) is 0 Å². The lowest BCUT2D eigenvalue weighted by Gasteiger charge is -2.18. The molecular weight excluding hydrogens is 390 g/mol. The second-order valence-electron chi connectivity index (χ2n) is 6.45. The number of ether oxygens (including phenoxy) is 2. The largest absolute Gasteiger partial charge is 0.434 e. The first-order valence-corrected chi connectivity index (χ1v) is 10.1. The molecule has 0 aliphatic rings. The van der Waals surface area contributed by atoms with Gasteiger partial charge in [0, 0.05) is 30.3 Å². The van der Waals surface area contributed by atoms with Crippen molar-refractivity contribution >= 4 is 17.0 Å². The molecule has 1 atom stereocenters. The van der Waals surface area contributed by atoms with Crippen LogP contribution in [0.5, 0.6) is 11.6 Å². The molecule has 0 fully saturated rings. The zero-order chi connectivity index (χ0) is 20.8. The Morgan fingerprint density at radius 1 is 1.28 bits per heavy atom. The van der Waals surface area contributed by atoms with Crippen LogP contribution >= 0.6 is 11.3 Å². The molecule has 2 heterocycles. The van der Waals surface area contributed by atoms with Crippen LogP contribution in [0, 0.1) is 30.9 Å². The Morgan fingerprint density at radius 2 is 2.03 bits per heavy atom. The van der Waals surface area contributed by atoms with E-state index in [9.17, 15) is 10.1 Å². The molecule has 0 amide bonds. The van der Waals surface area contributed by atoms with E-state index in [0.29, 0.717) is 29.2 Å². The van der Waals surface area contributed by atoms with Crippen LogP contribution in [-0.4, -0.2) is 21.5 Å². The number of hydrogen-bond acceptors (Lipinski definition) is 7. The summed E-state index contributed by atoms with van der Waals surface area (Å²) in [6.45, 7) is 8.00. The van der Waals surface area contributed by atoms with Gasteiger partial charge in [-0.1, -0.05) is 18.2 Å². The van der Waals surface area contributed by atoms with Gasteiger partial charge in [-0.05, 0) is 44.9 Å². The minimum absolute atomic E-state index is 0.0562. The third-order valence-corrected chi connectivity index (χ3v) is 5.31. The van der Waals surface area contributed by atoms with Gasteiger partial charge in [0.25, 0.3) is 5.88 Å². The van der Waals surface area contributed by atoms with Gasteiger partial charge in [-0.15, -0.1) is 11.3 Å². The van der Waals surface area contributed by atoms with Crippen molar-refractivity contribution in [2.75, 3.05) is 6.61 Å². The van der Waals surface area contributed by atoms with Crippen molar-refractivity contribution in [1.82, 2.24) is 9.97 Å². The first-order valence-electron chi connectivity index (χ1n) is 9.18. The van der Waals surface area contributed by atoms with Gasteiger partial charge in [0.1, 0.15) is 5.75 Å². The van der Waals surface area contributed by atoms with E-state index in [1.54, 1.807) is 55.6 Å². The van der Waals surface area contributed by atoms with Crippen molar-refractivity contribution in [1.29, 1.82) is 0 Å². The highest BCUT2D eigenvalue weighted by Gasteiger charge is 2.30. The molecular formula is C21H22N3O4S. The number of benzene rings is 1. The molecule has 29 heavy (non-hydrogen) atoms. The maximum absolute atomic E-state index is 11.9. The lowest BCUT2D eigenvalue weighted by atomic mass is 10.0. The fourth-order valence-electron chi connectivity index (χ4n) is 2.93. The van der Waals surface area contributed by atoms with Gasteiger partial charge in [0.05, 0.1) is 21.6 Å². The summed E-state index contributed by atoms with van der Waals surface area (Å²) >= 11 is 1.60. The van der Waals surface area contributed by atoms with Gasteiger partial charge in [-0.25, -0.2) is 9.97 Å². The molecule has 2 aromatic heterocycles. The predicted octanol–water partition coefficient (Wildman–Crippen LogP) is 5.38. The van der Waals surface area contributed by atoms with Crippen LogP contribution in [-0.2, 0) is 11.2 Å². The van der Waals surface area contributed by atoms with Crippen LogP contribution < -0.4 is 4.74 Å². The highest BCUT2D eigenvalue weighted by molar-refractivity contribution is 7.09. The fourth-order valence-corrected chi connectivity index (χ4v) is 3.59. The third kappa shape index (κ3) is 5.16. The smallest absolute Gasteiger partial charge is 0.337 e. The summed E-state index contributed by atoms with van der Waals surface area (Å²) in [6, 6.07) is 8.86. The van der Waals surface area contributed by atoms with Crippen LogP contribution in [0.25, 0.3) is 0 Å². The molecule has 1 radical (unpaired) electrons. The highest BCUT2D eigenvalue weighted by atomic mass is 32.1. The first-order chi connectivity index (χ1) is 14.0. The normalized spacial score (nSPS) is 12.0. The van der Waals surface area contributed by atoms with Crippen LogP contribution in [0.4, 0.5) is 5.69 Å². The van der Waals surface area contributed by atoms with Crippen molar-refractivity contribution in [2.45, 2.75) is 32.8 Å². The van der Waals surface area contributed by atoms with Gasteiger partial charge < -0.3 is 9.47 Å². The molecule has 7 nitrogen and oxygen atoms in total. The lowest BCUT2D eigenvalue weighted by Crippen LogP contribution is -2.11. The van der Waals surface area contributed by atoms with E-state index in [4.69, 9.17) is 9.47 Å². The molecule has 1 unspecified atom stereocenters. The Bertz CT molecular complexity index is 962. The number of pyridine rings is 1. The molecule has 151 valence electrons. The standard InChI is InChI=1S/C21H22N3O4S/c1-14-15(2)23-21(28-17-8-5-4-6-9-17)20(24(25)26)19(14)16(3)27-12-7-10-18-22-11-13-29-18/h4-6,8-9,11,13,16H,3,7,10,12H2,1-2H3. The molecule has 8 heteroatoms. The van der Waals surface area contributed by atoms with Gasteiger partial charge >= 0.3 is 5.69 Å². The van der Waals surface area contributed by atoms with E-state index in [1.165, 1.54) is 0 Å². The van der Waals surface area contributed by atoms with Crippen molar-refractivity contribution < 1.29 is 14.4 Å². The minimum atomic E-state index is -0.716. The molecule has 0 aliphatic carbocycles. The number of hydrogen-bond donors (Lipinski definition) is 0. The average molecular weight is 412 g/mol. The van der Waals surface area contributed by atoms with E-state index in [0.717, 1.165) is 17.8 Å². The highest BCUT2D eigenvalue weighted by Crippen LogP contribution is 2.39. The van der Waals surface area contributed by atoms with E-state index < -0.39 is 11.0 Å². The molecule has 0 aliphatic heterocycles. The summed E-state index contributed by atoms with van der Waals surface area (Å²) in [5.41, 5.74) is 1.49. The first kappa shape index (κ1) is 20.9. The Balaban J connectivity index is 1.82. The molecule has 0 spiro atoms. The Morgan fingerprint density at radius 3 is 2.69 bits per heavy atom. The third-order valence-electron chi connectivity index (χ3n) is 4.47. The SMILES string of the molecule is [CH2]C(OCCCc1nccs1)c1c(C)c(C)nc(Oc2ccccc2)c1[N+](=O)[O-]. The summed E-state index contributed by atoms with van der Waals surface area (Å²) in [6.07, 6.45) is 2.60. The fraction of sp³-hybridized carbons (Fsp3) is 0.286. The number of aromatic nitrogens is 2. The van der Waals surface area contributed by atoms with Crippen molar-refractivity contribution in [3.05, 3.63) is 80.8 Å². The number of para-hydroxylation sites is 1. The van der Waals surface area contributed by atoms with Crippen LogP contribution in [0.2, 0.25) is 0 Å². The molecule has 3 rings (SSSR count). The zero-order valence-corrected chi connectivity index (χ0v) is 17.1. The van der Waals surface area contributed by atoms with E-state index >= 15 is 0 Å². The van der Waals surface area contributed by atoms with Gasteiger partial charge in [0.15, 0.2) is 0 Å². The molecule has 0 saturated heterocycles. The second kappa shape index (κ2) is 9.58. The maximum Gasteiger partial charge on any atom is 0.337 e. The predicted molar refractivity (Wildman–Crippen MR) is 111 cm³/mol. The van der Waals surface area contributed by atoms with Gasteiger partial charge in [-0.3, -0.25) is 10.1 Å². The van der Waals surface area contributed by atoms with E-state index in [2.05, 4.69) is 16.9 Å². The van der Waals surface area contributed by atoms with Gasteiger partial charge in [0.2, 0.25) is 0 Å². The zero-order valence-electron chi connectivity index (χ0n) is 16.3. The summed E-state index contributed by atoms with van der Waals surface area (Å²) in [5, 5.41) is 14.8. The molecule has 0 bridgehead atoms. The molecule has 1 aromatic carbocycles. The Hall–Kier alpha value is -2.84.